The number of nitrogens with zero attached hydrogens (tertiary/aromatic N) is 1. The van der Waals surface area contributed by atoms with Gasteiger partial charge in [-0.05, 0) is 38.5 Å². The highest BCUT2D eigenvalue weighted by Gasteiger charge is 2.24. The summed E-state index contributed by atoms with van der Waals surface area (Å²) in [4.78, 5) is 0. The standard InChI is InChI=1S/C30H64N.BrH/c1-5-9-11-13-15-17-19-21-23-25-29-31(27-7-3,28-8-4)30-26-24-22-20-18-16-14-12-10-6-2;/h5-30H2,1-4H3;1H/q+1;/p-1. The van der Waals surface area contributed by atoms with Gasteiger partial charge in [-0.25, -0.2) is 0 Å². The summed E-state index contributed by atoms with van der Waals surface area (Å²) in [6, 6.07) is 0. The third kappa shape index (κ3) is 22.2. The second-order valence-corrected chi connectivity index (χ2v) is 10.6. The van der Waals surface area contributed by atoms with Crippen molar-refractivity contribution in [2.75, 3.05) is 26.2 Å². The smallest absolute Gasteiger partial charge is 0.0786 e. The Morgan fingerprint density at radius 1 is 0.281 bits per heavy atom. The van der Waals surface area contributed by atoms with Crippen molar-refractivity contribution in [2.24, 2.45) is 0 Å². The number of halogens is 1. The Labute approximate surface area is 216 Å². The van der Waals surface area contributed by atoms with Crippen LogP contribution in [0.3, 0.4) is 0 Å². The van der Waals surface area contributed by atoms with Crippen molar-refractivity contribution in [2.45, 2.75) is 169 Å². The Morgan fingerprint density at radius 2 is 0.531 bits per heavy atom. The Bertz CT molecular complexity index is 299. The highest BCUT2D eigenvalue weighted by molar-refractivity contribution is 4.53. The molecule has 196 valence electrons. The molecular weight excluding hydrogens is 454 g/mol. The average molecular weight is 519 g/mol. The van der Waals surface area contributed by atoms with E-state index < -0.39 is 0 Å². The van der Waals surface area contributed by atoms with Gasteiger partial charge in [0, 0.05) is 0 Å². The fraction of sp³-hybridized carbons (Fsp3) is 1.00. The van der Waals surface area contributed by atoms with E-state index in [-0.39, 0.29) is 17.0 Å². The molecule has 0 saturated heterocycles. The zero-order valence-corrected chi connectivity index (χ0v) is 24.8. The van der Waals surface area contributed by atoms with Gasteiger partial charge in [-0.1, -0.05) is 130 Å². The Balaban J connectivity index is 0. The zero-order chi connectivity index (χ0) is 22.9. The molecule has 0 aliphatic rings. The Kier molecular flexibility index (Phi) is 29.9. The van der Waals surface area contributed by atoms with Gasteiger partial charge in [0.25, 0.3) is 0 Å². The van der Waals surface area contributed by atoms with Gasteiger partial charge in [0.15, 0.2) is 0 Å². The van der Waals surface area contributed by atoms with Crippen LogP contribution in [0.2, 0.25) is 0 Å². The van der Waals surface area contributed by atoms with Gasteiger partial charge in [0.1, 0.15) is 0 Å². The molecule has 0 unspecified atom stereocenters. The predicted molar refractivity (Wildman–Crippen MR) is 144 cm³/mol. The van der Waals surface area contributed by atoms with Crippen LogP contribution in [-0.2, 0) is 0 Å². The lowest BCUT2D eigenvalue weighted by Crippen LogP contribution is -3.00. The van der Waals surface area contributed by atoms with Crippen LogP contribution in [-0.4, -0.2) is 30.7 Å². The molecule has 0 saturated carbocycles. The maximum absolute atomic E-state index is 2.40. The van der Waals surface area contributed by atoms with Crippen molar-refractivity contribution in [1.29, 1.82) is 0 Å². The molecular formula is C30H64BrN. The van der Waals surface area contributed by atoms with Gasteiger partial charge >= 0.3 is 0 Å². The van der Waals surface area contributed by atoms with E-state index in [1.54, 1.807) is 0 Å². The topological polar surface area (TPSA) is 0 Å². The van der Waals surface area contributed by atoms with E-state index in [0.717, 1.165) is 0 Å². The maximum Gasteiger partial charge on any atom is 0.0786 e. The van der Waals surface area contributed by atoms with Crippen molar-refractivity contribution in [3.63, 3.8) is 0 Å². The summed E-state index contributed by atoms with van der Waals surface area (Å²) in [5.74, 6) is 0. The van der Waals surface area contributed by atoms with E-state index in [2.05, 4.69) is 27.7 Å². The molecule has 0 aliphatic heterocycles. The third-order valence-electron chi connectivity index (χ3n) is 7.37. The molecule has 0 heterocycles. The molecule has 0 aromatic heterocycles. The lowest BCUT2D eigenvalue weighted by molar-refractivity contribution is -0.928. The van der Waals surface area contributed by atoms with Crippen molar-refractivity contribution in [1.82, 2.24) is 0 Å². The molecule has 0 N–H and O–H groups in total. The molecule has 0 aromatic rings. The van der Waals surface area contributed by atoms with Crippen LogP contribution in [0, 0.1) is 0 Å². The molecule has 32 heavy (non-hydrogen) atoms. The van der Waals surface area contributed by atoms with E-state index in [1.807, 2.05) is 0 Å². The lowest BCUT2D eigenvalue weighted by atomic mass is 10.0. The molecule has 1 nitrogen and oxygen atoms in total. The fourth-order valence-corrected chi connectivity index (χ4v) is 5.49. The number of quaternary nitrogens is 1. The highest BCUT2D eigenvalue weighted by atomic mass is 79.9. The molecule has 0 bridgehead atoms. The molecule has 0 spiro atoms. The van der Waals surface area contributed by atoms with Crippen molar-refractivity contribution in [3.8, 4) is 0 Å². The number of hydrogen-bond acceptors (Lipinski definition) is 0. The number of rotatable bonds is 26. The molecule has 0 atom stereocenters. The van der Waals surface area contributed by atoms with Crippen LogP contribution >= 0.6 is 0 Å². The summed E-state index contributed by atoms with van der Waals surface area (Å²) in [6.07, 6.45) is 31.9. The summed E-state index contributed by atoms with van der Waals surface area (Å²) in [5, 5.41) is 0. The number of unbranched alkanes of at least 4 members (excludes halogenated alkanes) is 18. The van der Waals surface area contributed by atoms with Crippen molar-refractivity contribution >= 4 is 0 Å². The number of hydrogen-bond donors (Lipinski definition) is 0. The van der Waals surface area contributed by atoms with E-state index in [0.29, 0.717) is 0 Å². The van der Waals surface area contributed by atoms with E-state index in [9.17, 15) is 0 Å². The third-order valence-corrected chi connectivity index (χ3v) is 7.37. The molecule has 0 amide bonds. The monoisotopic (exact) mass is 517 g/mol. The predicted octanol–water partition coefficient (Wildman–Crippen LogP) is 7.47. The van der Waals surface area contributed by atoms with Crippen LogP contribution in [0.25, 0.3) is 0 Å². The van der Waals surface area contributed by atoms with Gasteiger partial charge in [-0.15, -0.1) is 0 Å². The first kappa shape index (κ1) is 34.6. The van der Waals surface area contributed by atoms with E-state index in [1.165, 1.54) is 172 Å². The fourth-order valence-electron chi connectivity index (χ4n) is 5.49. The first-order valence-corrected chi connectivity index (χ1v) is 15.1. The second kappa shape index (κ2) is 27.7. The molecule has 0 radical (unpaired) electrons. The summed E-state index contributed by atoms with van der Waals surface area (Å²) >= 11 is 0. The van der Waals surface area contributed by atoms with Crippen LogP contribution < -0.4 is 17.0 Å². The summed E-state index contributed by atoms with van der Waals surface area (Å²) in [6.45, 7) is 15.2. The summed E-state index contributed by atoms with van der Waals surface area (Å²) in [7, 11) is 0. The van der Waals surface area contributed by atoms with E-state index >= 15 is 0 Å². The summed E-state index contributed by atoms with van der Waals surface area (Å²) < 4.78 is 1.43. The van der Waals surface area contributed by atoms with Gasteiger partial charge in [-0.3, -0.25) is 0 Å². The largest absolute Gasteiger partial charge is 1.00 e. The molecule has 0 aliphatic carbocycles. The van der Waals surface area contributed by atoms with Gasteiger partial charge < -0.3 is 21.5 Å². The van der Waals surface area contributed by atoms with Crippen LogP contribution in [0.4, 0.5) is 0 Å². The molecule has 0 fully saturated rings. The van der Waals surface area contributed by atoms with Crippen molar-refractivity contribution in [3.05, 3.63) is 0 Å². The van der Waals surface area contributed by atoms with E-state index in [4.69, 9.17) is 0 Å². The van der Waals surface area contributed by atoms with Crippen molar-refractivity contribution < 1.29 is 21.5 Å². The normalized spacial score (nSPS) is 11.6. The second-order valence-electron chi connectivity index (χ2n) is 10.6. The lowest BCUT2D eigenvalue weighted by Gasteiger charge is -2.39. The minimum atomic E-state index is 0. The molecule has 0 rings (SSSR count). The van der Waals surface area contributed by atoms with Gasteiger partial charge in [0.2, 0.25) is 0 Å². The summed E-state index contributed by atoms with van der Waals surface area (Å²) in [5.41, 5.74) is 0. The molecule has 0 aromatic carbocycles. The van der Waals surface area contributed by atoms with Crippen LogP contribution in [0.1, 0.15) is 169 Å². The highest BCUT2D eigenvalue weighted by Crippen LogP contribution is 2.18. The molecule has 2 heteroatoms. The quantitative estimate of drug-likeness (QED) is 0.0823. The Hall–Kier alpha value is 0.440. The zero-order valence-electron chi connectivity index (χ0n) is 23.2. The van der Waals surface area contributed by atoms with Gasteiger partial charge in [-0.2, -0.15) is 0 Å². The Morgan fingerprint density at radius 3 is 0.781 bits per heavy atom. The van der Waals surface area contributed by atoms with Crippen LogP contribution in [0.5, 0.6) is 0 Å². The average Bonchev–Trinajstić information content (AvgIpc) is 2.77. The minimum Gasteiger partial charge on any atom is -1.00 e. The minimum absolute atomic E-state index is 0. The maximum atomic E-state index is 2.40. The van der Waals surface area contributed by atoms with Gasteiger partial charge in [0.05, 0.1) is 26.2 Å². The SMILES string of the molecule is CCCCCCCCCCCC[N+](CCC)(CCC)CCCCCCCCCCCC.[Br-]. The van der Waals surface area contributed by atoms with Crippen LogP contribution in [0.15, 0.2) is 0 Å². The first-order chi connectivity index (χ1) is 15.2. The first-order valence-electron chi connectivity index (χ1n) is 15.1.